The van der Waals surface area contributed by atoms with Crippen LogP contribution in [-0.4, -0.2) is 68.8 Å². The molecule has 1 heterocycles. The highest BCUT2D eigenvalue weighted by atomic mass is 17.1. The summed E-state index contributed by atoms with van der Waals surface area (Å²) < 4.78 is 10.9. The van der Waals surface area contributed by atoms with Crippen molar-refractivity contribution in [2.24, 2.45) is 5.92 Å². The van der Waals surface area contributed by atoms with Crippen LogP contribution in [0.5, 0.6) is 0 Å². The summed E-state index contributed by atoms with van der Waals surface area (Å²) in [6, 6.07) is 0. The number of rotatable bonds is 12. The first-order valence-corrected chi connectivity index (χ1v) is 8.75. The van der Waals surface area contributed by atoms with Gasteiger partial charge in [0.05, 0.1) is 25.9 Å². The molecule has 0 bridgehead atoms. The monoisotopic (exact) mass is 378 g/mol. The lowest BCUT2D eigenvalue weighted by Gasteiger charge is -2.44. The summed E-state index contributed by atoms with van der Waals surface area (Å²) in [7, 11) is 0. The quantitative estimate of drug-likeness (QED) is 0.140. The largest absolute Gasteiger partial charge is 0.490 e. The number of ether oxygens (including phenoxy) is 2. The molecule has 0 spiro atoms. The summed E-state index contributed by atoms with van der Waals surface area (Å²) in [5, 5.41) is 49.4. The fraction of sp³-hybridized carbons (Fsp3) is 0.824. The molecule has 0 aromatic rings. The van der Waals surface area contributed by atoms with Gasteiger partial charge in [0, 0.05) is 6.42 Å². The molecule has 9 heteroatoms. The predicted molar refractivity (Wildman–Crippen MR) is 89.6 cm³/mol. The molecule has 152 valence electrons. The average molecular weight is 378 g/mol. The maximum atomic E-state index is 12.2. The zero-order valence-corrected chi connectivity index (χ0v) is 15.5. The van der Waals surface area contributed by atoms with Crippen LogP contribution in [0.1, 0.15) is 46.5 Å². The second-order valence-corrected chi connectivity index (χ2v) is 7.00. The molecule has 1 aliphatic rings. The third kappa shape index (κ3) is 4.47. The molecule has 9 nitrogen and oxygen atoms in total. The minimum atomic E-state index is -2.03. The third-order valence-corrected chi connectivity index (χ3v) is 4.35. The average Bonchev–Trinajstić information content (AvgIpc) is 2.86. The number of carbonyl (C=O) groups is 1. The lowest BCUT2D eigenvalue weighted by molar-refractivity contribution is -0.215. The molecule has 0 aromatic heterocycles. The lowest BCUT2D eigenvalue weighted by Crippen LogP contribution is -2.60. The van der Waals surface area contributed by atoms with E-state index >= 15 is 0 Å². The summed E-state index contributed by atoms with van der Waals surface area (Å²) >= 11 is 0. The number of esters is 1. The van der Waals surface area contributed by atoms with Crippen LogP contribution in [0, 0.1) is 5.92 Å². The van der Waals surface area contributed by atoms with E-state index in [2.05, 4.69) is 4.89 Å². The maximum Gasteiger partial charge on any atom is 0.382 e. The topological polar surface area (TPSA) is 146 Å². The number of hydrogen-bond acceptors (Lipinski definition) is 9. The van der Waals surface area contributed by atoms with Crippen molar-refractivity contribution in [1.29, 1.82) is 0 Å². The number of carbonyl (C=O) groups excluding carboxylic acids is 1. The molecule has 1 aliphatic heterocycles. The fourth-order valence-electron chi connectivity index (χ4n) is 3.17. The third-order valence-electron chi connectivity index (χ3n) is 4.35. The van der Waals surface area contributed by atoms with Gasteiger partial charge in [-0.25, -0.2) is 10.1 Å². The first-order chi connectivity index (χ1) is 12.2. The second-order valence-electron chi connectivity index (χ2n) is 7.00. The molecule has 0 saturated heterocycles. The van der Waals surface area contributed by atoms with E-state index in [4.69, 9.17) is 14.7 Å². The Labute approximate surface area is 152 Å². The molecule has 0 amide bonds. The van der Waals surface area contributed by atoms with Crippen LogP contribution in [0.15, 0.2) is 11.5 Å². The van der Waals surface area contributed by atoms with E-state index in [1.165, 1.54) is 0 Å². The number of hydrogen-bond donors (Lipinski definition) is 5. The van der Waals surface area contributed by atoms with Crippen molar-refractivity contribution in [2.45, 2.75) is 63.8 Å². The zero-order valence-electron chi connectivity index (χ0n) is 15.5. The number of cyclic esters (lactones) is 1. The van der Waals surface area contributed by atoms with Crippen molar-refractivity contribution in [1.82, 2.24) is 0 Å². The predicted octanol–water partition coefficient (Wildman–Crippen LogP) is 0.313. The van der Waals surface area contributed by atoms with Crippen molar-refractivity contribution in [3.05, 3.63) is 11.5 Å². The van der Waals surface area contributed by atoms with Gasteiger partial charge in [-0.15, -0.1) is 0 Å². The molecule has 0 aromatic carbocycles. The molecular weight excluding hydrogens is 348 g/mol. The Morgan fingerprint density at radius 3 is 2.42 bits per heavy atom. The summed E-state index contributed by atoms with van der Waals surface area (Å²) in [6.07, 6.45) is -0.450. The molecule has 0 aliphatic carbocycles. The van der Waals surface area contributed by atoms with Crippen LogP contribution < -0.4 is 0 Å². The SMILES string of the molecule is CCCCOC1=C(OO)C(=O)O[C@]1(CC(O)CO)[C@@](O)(CO)CC(C)C. The van der Waals surface area contributed by atoms with Gasteiger partial charge in [0.2, 0.25) is 5.60 Å². The minimum absolute atomic E-state index is 0.00568. The molecule has 3 atom stereocenters. The molecule has 1 rings (SSSR count). The molecular formula is C17H30O9. The highest BCUT2D eigenvalue weighted by Gasteiger charge is 2.64. The van der Waals surface area contributed by atoms with E-state index in [1.54, 1.807) is 13.8 Å². The highest BCUT2D eigenvalue weighted by molar-refractivity contribution is 5.90. The molecule has 1 unspecified atom stereocenters. The van der Waals surface area contributed by atoms with Gasteiger partial charge in [-0.2, -0.15) is 0 Å². The molecule has 0 fully saturated rings. The molecule has 0 radical (unpaired) electrons. The van der Waals surface area contributed by atoms with Crippen molar-refractivity contribution in [3.63, 3.8) is 0 Å². The summed E-state index contributed by atoms with van der Waals surface area (Å²) in [6.45, 7) is 4.16. The van der Waals surface area contributed by atoms with Crippen LogP contribution in [0.2, 0.25) is 0 Å². The molecule has 0 saturated carbocycles. The van der Waals surface area contributed by atoms with Gasteiger partial charge in [-0.1, -0.05) is 27.2 Å². The molecule has 26 heavy (non-hydrogen) atoms. The van der Waals surface area contributed by atoms with E-state index < -0.39 is 48.7 Å². The van der Waals surface area contributed by atoms with Gasteiger partial charge >= 0.3 is 5.97 Å². The van der Waals surface area contributed by atoms with E-state index in [1.807, 2.05) is 6.92 Å². The Kier molecular flexibility index (Phi) is 8.29. The molecule has 5 N–H and O–H groups in total. The Hall–Kier alpha value is -1.39. The Balaban J connectivity index is 3.49. The van der Waals surface area contributed by atoms with Crippen molar-refractivity contribution in [3.8, 4) is 0 Å². The van der Waals surface area contributed by atoms with Crippen LogP contribution in [0.4, 0.5) is 0 Å². The first-order valence-electron chi connectivity index (χ1n) is 8.75. The highest BCUT2D eigenvalue weighted by Crippen LogP contribution is 2.47. The number of aliphatic hydroxyl groups excluding tert-OH is 3. The van der Waals surface area contributed by atoms with E-state index in [0.29, 0.717) is 6.42 Å². The first kappa shape index (κ1) is 22.7. The van der Waals surface area contributed by atoms with Crippen molar-refractivity contribution >= 4 is 5.97 Å². The smallest absolute Gasteiger partial charge is 0.382 e. The summed E-state index contributed by atoms with van der Waals surface area (Å²) in [4.78, 5) is 16.3. The van der Waals surface area contributed by atoms with Crippen molar-refractivity contribution < 1.29 is 44.8 Å². The van der Waals surface area contributed by atoms with Crippen molar-refractivity contribution in [2.75, 3.05) is 19.8 Å². The normalized spacial score (nSPS) is 23.8. The maximum absolute atomic E-state index is 12.2. The zero-order chi connectivity index (χ0) is 20.0. The van der Waals surface area contributed by atoms with Gasteiger partial charge < -0.3 is 34.8 Å². The van der Waals surface area contributed by atoms with Crippen LogP contribution in [0.3, 0.4) is 0 Å². The number of unbranched alkanes of at least 4 members (excludes halogenated alkanes) is 1. The minimum Gasteiger partial charge on any atom is -0.490 e. The van der Waals surface area contributed by atoms with Crippen LogP contribution in [0.25, 0.3) is 0 Å². The van der Waals surface area contributed by atoms with E-state index in [-0.39, 0.29) is 24.7 Å². The number of aliphatic hydroxyl groups is 4. The Morgan fingerprint density at radius 2 is 1.96 bits per heavy atom. The van der Waals surface area contributed by atoms with E-state index in [0.717, 1.165) is 6.42 Å². The lowest BCUT2D eigenvalue weighted by atomic mass is 9.73. The fourth-order valence-corrected chi connectivity index (χ4v) is 3.17. The van der Waals surface area contributed by atoms with Gasteiger partial charge in [0.25, 0.3) is 5.76 Å². The van der Waals surface area contributed by atoms with Crippen LogP contribution >= 0.6 is 0 Å². The second kappa shape index (κ2) is 9.52. The Morgan fingerprint density at radius 1 is 1.31 bits per heavy atom. The van der Waals surface area contributed by atoms with Gasteiger partial charge in [-0.05, 0) is 18.8 Å². The summed E-state index contributed by atoms with van der Waals surface area (Å²) in [5.74, 6) is -2.17. The summed E-state index contributed by atoms with van der Waals surface area (Å²) in [5.41, 5.74) is -4.05. The standard InChI is InChI=1S/C17H30O9/c1-4-5-6-24-14-13(26-23)15(21)25-17(14,8-12(20)9-18)16(22,10-19)7-11(2)3/h11-12,18-20,22-23H,4-10H2,1-3H3/t12?,16-,17-/m0/s1. The van der Waals surface area contributed by atoms with Gasteiger partial charge in [0.1, 0.15) is 5.60 Å². The van der Waals surface area contributed by atoms with E-state index in [9.17, 15) is 25.2 Å². The van der Waals surface area contributed by atoms with Gasteiger partial charge in [-0.3, -0.25) is 0 Å². The van der Waals surface area contributed by atoms with Gasteiger partial charge in [0.15, 0.2) is 5.76 Å². The Bertz CT molecular complexity index is 504. The van der Waals surface area contributed by atoms with Crippen LogP contribution in [-0.2, 0) is 19.2 Å².